The first-order valence-electron chi connectivity index (χ1n) is 6.85. The molecule has 0 aliphatic heterocycles. The Labute approximate surface area is 114 Å². The first-order chi connectivity index (χ1) is 8.86. The predicted molar refractivity (Wildman–Crippen MR) is 76.4 cm³/mol. The Bertz CT molecular complexity index is 440. The van der Waals surface area contributed by atoms with E-state index in [1.165, 1.54) is 0 Å². The van der Waals surface area contributed by atoms with Crippen LogP contribution in [0.3, 0.4) is 0 Å². The van der Waals surface area contributed by atoms with Crippen molar-refractivity contribution < 1.29 is 4.92 Å². The number of nitro groups is 1. The molecule has 6 nitrogen and oxygen atoms in total. The minimum Gasteiger partial charge on any atom is -0.362 e. The number of hydrogen-bond acceptors (Lipinski definition) is 4. The van der Waals surface area contributed by atoms with Gasteiger partial charge in [0.1, 0.15) is 5.69 Å². The highest BCUT2D eigenvalue weighted by atomic mass is 16.6. The van der Waals surface area contributed by atoms with E-state index in [9.17, 15) is 10.1 Å². The van der Waals surface area contributed by atoms with Crippen LogP contribution in [-0.2, 0) is 6.54 Å². The lowest BCUT2D eigenvalue weighted by Gasteiger charge is -2.16. The molecule has 1 aromatic rings. The molecular weight excluding hydrogens is 244 g/mol. The summed E-state index contributed by atoms with van der Waals surface area (Å²) in [6, 6.07) is 0.197. The second-order valence-corrected chi connectivity index (χ2v) is 5.37. The minimum absolute atomic E-state index is 0.0956. The average molecular weight is 268 g/mol. The van der Waals surface area contributed by atoms with Crippen LogP contribution in [0, 0.1) is 23.0 Å². The van der Waals surface area contributed by atoms with Gasteiger partial charge in [0.2, 0.25) is 5.82 Å². The first-order valence-corrected chi connectivity index (χ1v) is 6.85. The maximum absolute atomic E-state index is 11.1. The van der Waals surface area contributed by atoms with Crippen molar-refractivity contribution >= 4 is 11.5 Å². The van der Waals surface area contributed by atoms with Crippen LogP contribution in [0.2, 0.25) is 0 Å². The Hall–Kier alpha value is -1.59. The molecule has 6 heteroatoms. The molecule has 0 amide bonds. The van der Waals surface area contributed by atoms with Gasteiger partial charge < -0.3 is 5.32 Å². The van der Waals surface area contributed by atoms with Gasteiger partial charge in [-0.15, -0.1) is 0 Å². The Morgan fingerprint density at radius 1 is 1.37 bits per heavy atom. The number of aryl methyl sites for hydroxylation is 2. The standard InChI is InChI=1S/C13H24N4O2/c1-6-16-13(12(17(18)19)11(5)15-16)14-10(4)8-7-9(2)3/h9-10,14H,6-8H2,1-5H3. The molecule has 0 fully saturated rings. The molecule has 0 aliphatic rings. The SMILES string of the molecule is CCn1nc(C)c([N+](=O)[O-])c1NC(C)CCC(C)C. The van der Waals surface area contributed by atoms with Crippen molar-refractivity contribution in [1.82, 2.24) is 9.78 Å². The van der Waals surface area contributed by atoms with E-state index < -0.39 is 0 Å². The molecule has 1 heterocycles. The fourth-order valence-electron chi connectivity index (χ4n) is 2.05. The number of aromatic nitrogens is 2. The van der Waals surface area contributed by atoms with Crippen molar-refractivity contribution in [3.05, 3.63) is 15.8 Å². The first kappa shape index (κ1) is 15.5. The highest BCUT2D eigenvalue weighted by Gasteiger charge is 2.25. The van der Waals surface area contributed by atoms with E-state index in [1.54, 1.807) is 11.6 Å². The molecule has 1 aromatic heterocycles. The summed E-state index contributed by atoms with van der Waals surface area (Å²) in [4.78, 5) is 10.8. The summed E-state index contributed by atoms with van der Waals surface area (Å²) >= 11 is 0. The molecule has 0 spiro atoms. The molecule has 1 unspecified atom stereocenters. The molecular formula is C13H24N4O2. The van der Waals surface area contributed by atoms with E-state index in [1.807, 2.05) is 6.92 Å². The fourth-order valence-corrected chi connectivity index (χ4v) is 2.05. The third-order valence-electron chi connectivity index (χ3n) is 3.14. The highest BCUT2D eigenvalue weighted by molar-refractivity contribution is 5.59. The Balaban J connectivity index is 2.89. The maximum Gasteiger partial charge on any atom is 0.333 e. The second-order valence-electron chi connectivity index (χ2n) is 5.37. The van der Waals surface area contributed by atoms with Crippen LogP contribution in [-0.4, -0.2) is 20.7 Å². The number of rotatable bonds is 7. The molecule has 0 radical (unpaired) electrons. The molecule has 1 N–H and O–H groups in total. The van der Waals surface area contributed by atoms with Crippen molar-refractivity contribution in [2.24, 2.45) is 5.92 Å². The number of hydrogen-bond donors (Lipinski definition) is 1. The van der Waals surface area contributed by atoms with Gasteiger partial charge in [-0.3, -0.25) is 10.1 Å². The Morgan fingerprint density at radius 3 is 2.47 bits per heavy atom. The predicted octanol–water partition coefficient (Wildman–Crippen LogP) is 3.36. The summed E-state index contributed by atoms with van der Waals surface area (Å²) in [6.07, 6.45) is 2.09. The van der Waals surface area contributed by atoms with Gasteiger partial charge in [0, 0.05) is 12.6 Å². The topological polar surface area (TPSA) is 73.0 Å². The third-order valence-corrected chi connectivity index (χ3v) is 3.14. The van der Waals surface area contributed by atoms with E-state index in [0.29, 0.717) is 24.0 Å². The van der Waals surface area contributed by atoms with E-state index in [4.69, 9.17) is 0 Å². The lowest BCUT2D eigenvalue weighted by atomic mass is 10.0. The minimum atomic E-state index is -0.355. The maximum atomic E-state index is 11.1. The zero-order valence-electron chi connectivity index (χ0n) is 12.4. The monoisotopic (exact) mass is 268 g/mol. The smallest absolute Gasteiger partial charge is 0.333 e. The molecule has 1 atom stereocenters. The average Bonchev–Trinajstić information content (AvgIpc) is 2.62. The van der Waals surface area contributed by atoms with Crippen LogP contribution >= 0.6 is 0 Å². The molecule has 0 saturated heterocycles. The van der Waals surface area contributed by atoms with Gasteiger partial charge in [0.25, 0.3) is 0 Å². The summed E-state index contributed by atoms with van der Waals surface area (Å²) in [5.74, 6) is 1.17. The summed E-state index contributed by atoms with van der Waals surface area (Å²) in [5.41, 5.74) is 0.559. The van der Waals surface area contributed by atoms with Crippen LogP contribution in [0.1, 0.15) is 46.2 Å². The van der Waals surface area contributed by atoms with E-state index >= 15 is 0 Å². The molecule has 19 heavy (non-hydrogen) atoms. The van der Waals surface area contributed by atoms with Gasteiger partial charge in [0.15, 0.2) is 0 Å². The van der Waals surface area contributed by atoms with Crippen LogP contribution in [0.5, 0.6) is 0 Å². The summed E-state index contributed by atoms with van der Waals surface area (Å²) < 4.78 is 1.67. The third kappa shape index (κ3) is 3.94. The summed E-state index contributed by atoms with van der Waals surface area (Å²) in [7, 11) is 0. The molecule has 1 rings (SSSR count). The zero-order chi connectivity index (χ0) is 14.6. The number of anilines is 1. The van der Waals surface area contributed by atoms with E-state index in [2.05, 4.69) is 31.2 Å². The van der Waals surface area contributed by atoms with E-state index in [0.717, 1.165) is 12.8 Å². The zero-order valence-corrected chi connectivity index (χ0v) is 12.4. The molecule has 0 aliphatic carbocycles. The molecule has 0 aromatic carbocycles. The molecule has 0 saturated carbocycles. The van der Waals surface area contributed by atoms with Crippen LogP contribution < -0.4 is 5.32 Å². The number of nitrogens with zero attached hydrogens (tertiary/aromatic N) is 3. The van der Waals surface area contributed by atoms with Gasteiger partial charge in [0.05, 0.1) is 4.92 Å². The Morgan fingerprint density at radius 2 is 2.00 bits per heavy atom. The van der Waals surface area contributed by atoms with Crippen LogP contribution in [0.4, 0.5) is 11.5 Å². The van der Waals surface area contributed by atoms with Gasteiger partial charge in [-0.05, 0) is 39.5 Å². The van der Waals surface area contributed by atoms with Crippen molar-refractivity contribution in [2.45, 2.75) is 60.0 Å². The summed E-state index contributed by atoms with van der Waals surface area (Å²) in [5, 5.41) is 18.6. The number of nitrogens with one attached hydrogen (secondary N) is 1. The van der Waals surface area contributed by atoms with E-state index in [-0.39, 0.29) is 16.7 Å². The normalized spacial score (nSPS) is 12.7. The van der Waals surface area contributed by atoms with Gasteiger partial charge in [-0.1, -0.05) is 13.8 Å². The van der Waals surface area contributed by atoms with Gasteiger partial charge >= 0.3 is 5.69 Å². The van der Waals surface area contributed by atoms with Crippen molar-refractivity contribution in [3.63, 3.8) is 0 Å². The molecule has 0 bridgehead atoms. The lowest BCUT2D eigenvalue weighted by molar-refractivity contribution is -0.384. The summed E-state index contributed by atoms with van der Waals surface area (Å²) in [6.45, 7) is 10.6. The van der Waals surface area contributed by atoms with Crippen LogP contribution in [0.25, 0.3) is 0 Å². The molecule has 108 valence electrons. The van der Waals surface area contributed by atoms with Crippen molar-refractivity contribution in [2.75, 3.05) is 5.32 Å². The van der Waals surface area contributed by atoms with Gasteiger partial charge in [-0.2, -0.15) is 5.10 Å². The van der Waals surface area contributed by atoms with Crippen molar-refractivity contribution in [3.8, 4) is 0 Å². The highest BCUT2D eigenvalue weighted by Crippen LogP contribution is 2.29. The van der Waals surface area contributed by atoms with Gasteiger partial charge in [-0.25, -0.2) is 4.68 Å². The van der Waals surface area contributed by atoms with Crippen LogP contribution in [0.15, 0.2) is 0 Å². The Kier molecular flexibility index (Phi) is 5.32. The quantitative estimate of drug-likeness (QED) is 0.608. The second kappa shape index (κ2) is 6.54. The fraction of sp³-hybridized carbons (Fsp3) is 0.769. The largest absolute Gasteiger partial charge is 0.362 e. The lowest BCUT2D eigenvalue weighted by Crippen LogP contribution is -2.19. The van der Waals surface area contributed by atoms with Crippen molar-refractivity contribution in [1.29, 1.82) is 0 Å².